The zero-order valence-electron chi connectivity index (χ0n) is 29.3. The molecule has 3 aromatic carbocycles. The summed E-state index contributed by atoms with van der Waals surface area (Å²) in [7, 11) is 0. The minimum atomic E-state index is -1.59. The molecular formula is C38H51BrN2O4. The van der Waals surface area contributed by atoms with Crippen LogP contribution >= 0.6 is 15.9 Å². The quantitative estimate of drug-likeness (QED) is 0.154. The van der Waals surface area contributed by atoms with Crippen molar-refractivity contribution >= 4 is 27.8 Å². The number of aromatic hydroxyl groups is 1. The fourth-order valence-electron chi connectivity index (χ4n) is 5.19. The lowest BCUT2D eigenvalue weighted by molar-refractivity contribution is -0.385. The van der Waals surface area contributed by atoms with Crippen LogP contribution in [0.1, 0.15) is 129 Å². The molecule has 0 radical (unpaired) electrons. The molecule has 45 heavy (non-hydrogen) atoms. The molecule has 0 bridgehead atoms. The number of nitrogens with zero attached hydrogens (tertiary/aromatic N) is 2. The number of hydrogen-bond acceptors (Lipinski definition) is 5. The Hall–Kier alpha value is -3.03. The van der Waals surface area contributed by atoms with Crippen LogP contribution in [0, 0.1) is 10.1 Å². The third-order valence-electron chi connectivity index (χ3n) is 8.54. The zero-order chi connectivity index (χ0) is 34.5. The average Bonchev–Trinajstić information content (AvgIpc) is 2.90. The van der Waals surface area contributed by atoms with Crippen LogP contribution in [0.5, 0.6) is 5.75 Å². The highest BCUT2D eigenvalue weighted by Gasteiger charge is 2.41. The van der Waals surface area contributed by atoms with Crippen molar-refractivity contribution in [3.63, 3.8) is 0 Å². The summed E-state index contributed by atoms with van der Waals surface area (Å²) in [6, 6.07) is 14.6. The Morgan fingerprint density at radius 3 is 1.33 bits per heavy atom. The van der Waals surface area contributed by atoms with Crippen LogP contribution in [0.4, 0.5) is 5.69 Å². The van der Waals surface area contributed by atoms with E-state index in [1.165, 1.54) is 18.3 Å². The van der Waals surface area contributed by atoms with Crippen molar-refractivity contribution < 1.29 is 15.1 Å². The van der Waals surface area contributed by atoms with Gasteiger partial charge >= 0.3 is 0 Å². The van der Waals surface area contributed by atoms with E-state index in [1.807, 2.05) is 6.92 Å². The predicted octanol–water partition coefficient (Wildman–Crippen LogP) is 10.00. The predicted molar refractivity (Wildman–Crippen MR) is 190 cm³/mol. The third-order valence-corrected chi connectivity index (χ3v) is 9.15. The largest absolute Gasteiger partial charge is 0.506 e. The number of non-ortho nitro benzene ring substituents is 1. The first-order valence-corrected chi connectivity index (χ1v) is 16.3. The molecule has 0 spiro atoms. The molecule has 2 N–H and O–H groups in total. The highest BCUT2D eigenvalue weighted by Crippen LogP contribution is 2.43. The number of nitro groups is 1. The normalized spacial score (nSPS) is 14.2. The van der Waals surface area contributed by atoms with Gasteiger partial charge in [0, 0.05) is 23.9 Å². The minimum absolute atomic E-state index is 0.158. The number of hydrogen-bond donors (Lipinski definition) is 2. The van der Waals surface area contributed by atoms with Gasteiger partial charge in [0.05, 0.1) is 15.4 Å². The number of rotatable bonds is 6. The van der Waals surface area contributed by atoms with Gasteiger partial charge in [-0.25, -0.2) is 0 Å². The highest BCUT2D eigenvalue weighted by molar-refractivity contribution is 9.10. The Morgan fingerprint density at radius 2 is 1.02 bits per heavy atom. The molecule has 0 aromatic heterocycles. The second-order valence-electron chi connectivity index (χ2n) is 16.4. The fraction of sp³-hybridized carbons (Fsp3) is 0.500. The van der Waals surface area contributed by atoms with Crippen molar-refractivity contribution in [3.8, 4) is 5.75 Å². The molecule has 0 heterocycles. The number of phenolic OH excluding ortho intramolecular Hbond substituents is 1. The molecule has 1 atom stereocenters. The van der Waals surface area contributed by atoms with Crippen molar-refractivity contribution in [2.45, 2.75) is 123 Å². The molecule has 0 fully saturated rings. The standard InChI is InChI=1S/C38H51BrN2O4/c1-23(40-22-24-14-31(41(44)45)21-32(39)33(24)42)38(43,29-17-25(34(2,3)4)15-26(18-29)35(5,6)7)30-19-27(36(8,9)10)16-28(20-30)37(11,12)13/h14-23,42-43H,1-13H3. The number of aliphatic imine (C=N–C) groups is 1. The first kappa shape index (κ1) is 36.4. The summed E-state index contributed by atoms with van der Waals surface area (Å²) in [5.74, 6) is -0.158. The van der Waals surface area contributed by atoms with E-state index in [4.69, 9.17) is 4.99 Å². The lowest BCUT2D eigenvalue weighted by atomic mass is 9.71. The highest BCUT2D eigenvalue weighted by atomic mass is 79.9. The Kier molecular flexibility index (Phi) is 9.95. The van der Waals surface area contributed by atoms with Crippen molar-refractivity contribution in [1.82, 2.24) is 0 Å². The van der Waals surface area contributed by atoms with Crippen LogP contribution < -0.4 is 0 Å². The van der Waals surface area contributed by atoms with Gasteiger partial charge in [-0.1, -0.05) is 119 Å². The number of benzene rings is 3. The molecule has 6 nitrogen and oxygen atoms in total. The Morgan fingerprint density at radius 1 is 0.689 bits per heavy atom. The molecule has 7 heteroatoms. The maximum atomic E-state index is 13.2. The van der Waals surface area contributed by atoms with Gasteiger partial charge in [-0.15, -0.1) is 0 Å². The average molecular weight is 680 g/mol. The summed E-state index contributed by atoms with van der Waals surface area (Å²) in [5.41, 5.74) is 3.51. The Bertz CT molecular complexity index is 1470. The first-order chi connectivity index (χ1) is 20.3. The van der Waals surface area contributed by atoms with Crippen molar-refractivity contribution in [2.75, 3.05) is 0 Å². The molecule has 0 saturated heterocycles. The van der Waals surface area contributed by atoms with Gasteiger partial charge in [-0.2, -0.15) is 0 Å². The van der Waals surface area contributed by atoms with E-state index in [2.05, 4.69) is 135 Å². The van der Waals surface area contributed by atoms with Crippen LogP contribution in [0.25, 0.3) is 0 Å². The van der Waals surface area contributed by atoms with Gasteiger partial charge in [0.15, 0.2) is 0 Å². The van der Waals surface area contributed by atoms with Gasteiger partial charge in [0.1, 0.15) is 11.4 Å². The Balaban J connectivity index is 2.45. The fourth-order valence-corrected chi connectivity index (χ4v) is 5.65. The SMILES string of the molecule is CC(N=Cc1cc([N+](=O)[O-])cc(Br)c1O)C(O)(c1cc(C(C)(C)C)cc(C(C)(C)C)c1)c1cc(C(C)(C)C)cc(C(C)(C)C)c1. The topological polar surface area (TPSA) is 96.0 Å². The summed E-state index contributed by atoms with van der Waals surface area (Å²) < 4.78 is 0.196. The number of nitro benzene ring substituents is 1. The van der Waals surface area contributed by atoms with E-state index < -0.39 is 16.6 Å². The smallest absolute Gasteiger partial charge is 0.271 e. The van der Waals surface area contributed by atoms with Gasteiger partial charge in [-0.05, 0) is 77.9 Å². The Labute approximate surface area is 278 Å². The van der Waals surface area contributed by atoms with E-state index in [0.29, 0.717) is 0 Å². The first-order valence-electron chi connectivity index (χ1n) is 15.5. The molecule has 0 amide bonds. The molecular weight excluding hydrogens is 628 g/mol. The molecule has 0 aliphatic carbocycles. The van der Waals surface area contributed by atoms with E-state index in [0.717, 1.165) is 33.4 Å². The van der Waals surface area contributed by atoms with Crippen molar-refractivity contribution in [3.05, 3.63) is 102 Å². The number of phenols is 1. The van der Waals surface area contributed by atoms with Crippen LogP contribution in [-0.4, -0.2) is 27.4 Å². The van der Waals surface area contributed by atoms with E-state index >= 15 is 0 Å². The third kappa shape index (κ3) is 8.04. The second-order valence-corrected chi connectivity index (χ2v) is 17.3. The van der Waals surface area contributed by atoms with E-state index in [9.17, 15) is 20.3 Å². The lowest BCUT2D eigenvalue weighted by Gasteiger charge is -2.38. The lowest BCUT2D eigenvalue weighted by Crippen LogP contribution is -2.39. The maximum Gasteiger partial charge on any atom is 0.271 e. The molecule has 244 valence electrons. The summed E-state index contributed by atoms with van der Waals surface area (Å²) in [4.78, 5) is 15.9. The molecule has 1 unspecified atom stereocenters. The van der Waals surface area contributed by atoms with E-state index in [1.54, 1.807) is 0 Å². The summed E-state index contributed by atoms with van der Waals surface area (Å²) in [6.45, 7) is 27.8. The van der Waals surface area contributed by atoms with Gasteiger partial charge in [0.2, 0.25) is 0 Å². The van der Waals surface area contributed by atoms with Crippen molar-refractivity contribution in [1.29, 1.82) is 0 Å². The van der Waals surface area contributed by atoms with Crippen molar-refractivity contribution in [2.24, 2.45) is 4.99 Å². The monoisotopic (exact) mass is 678 g/mol. The van der Waals surface area contributed by atoms with Gasteiger partial charge in [-0.3, -0.25) is 15.1 Å². The van der Waals surface area contributed by atoms with Crippen LogP contribution in [0.3, 0.4) is 0 Å². The summed E-state index contributed by atoms with van der Waals surface area (Å²) in [5, 5.41) is 35.5. The zero-order valence-corrected chi connectivity index (χ0v) is 30.8. The van der Waals surface area contributed by atoms with Gasteiger partial charge in [0.25, 0.3) is 5.69 Å². The van der Waals surface area contributed by atoms with E-state index in [-0.39, 0.29) is 43.1 Å². The number of halogens is 1. The molecule has 0 aliphatic rings. The van der Waals surface area contributed by atoms with Crippen LogP contribution in [0.2, 0.25) is 0 Å². The molecule has 0 saturated carbocycles. The second kappa shape index (κ2) is 12.3. The minimum Gasteiger partial charge on any atom is -0.506 e. The van der Waals surface area contributed by atoms with Gasteiger partial charge < -0.3 is 10.2 Å². The number of aliphatic hydroxyl groups is 1. The van der Waals surface area contributed by atoms with Crippen LogP contribution in [0.15, 0.2) is 58.0 Å². The maximum absolute atomic E-state index is 13.2. The summed E-state index contributed by atoms with van der Waals surface area (Å²) in [6.07, 6.45) is 1.42. The molecule has 3 aromatic rings. The molecule has 0 aliphatic heterocycles. The molecule has 3 rings (SSSR count). The summed E-state index contributed by atoms with van der Waals surface area (Å²) >= 11 is 3.23. The van der Waals surface area contributed by atoms with Crippen LogP contribution in [-0.2, 0) is 27.3 Å².